The molecule has 0 radical (unpaired) electrons. The predicted molar refractivity (Wildman–Crippen MR) is 99.5 cm³/mol. The maximum absolute atomic E-state index is 5.38. The summed E-state index contributed by atoms with van der Waals surface area (Å²) in [5.41, 5.74) is 1.66. The van der Waals surface area contributed by atoms with Gasteiger partial charge in [-0.15, -0.1) is 0 Å². The molecule has 136 valence electrons. The summed E-state index contributed by atoms with van der Waals surface area (Å²) < 4.78 is 16.1. The van der Waals surface area contributed by atoms with E-state index in [1.165, 1.54) is 0 Å². The number of methoxy groups -OCH3 is 3. The summed E-state index contributed by atoms with van der Waals surface area (Å²) in [7, 11) is 4.76. The van der Waals surface area contributed by atoms with Gasteiger partial charge in [0.2, 0.25) is 11.7 Å². The van der Waals surface area contributed by atoms with Crippen LogP contribution in [0.25, 0.3) is 0 Å². The third kappa shape index (κ3) is 4.89. The molecule has 0 spiro atoms. The van der Waals surface area contributed by atoms with Crippen LogP contribution in [0.2, 0.25) is 0 Å². The molecule has 1 aromatic carbocycles. The number of nitrogens with one attached hydrogen (secondary N) is 2. The number of rotatable bonds is 9. The molecular weight excluding hydrogens is 320 g/mol. The van der Waals surface area contributed by atoms with Gasteiger partial charge in [0, 0.05) is 36.1 Å². The van der Waals surface area contributed by atoms with E-state index in [4.69, 9.17) is 14.2 Å². The fraction of sp³-hybridized carbons (Fsp3) is 0.444. The van der Waals surface area contributed by atoms with Crippen LogP contribution >= 0.6 is 0 Å². The average Bonchev–Trinajstić information content (AvgIpc) is 2.60. The standard InChI is InChI=1S/C18H26N4O3/c1-6-7-8-19-18-20-12(2)9-16(22-18)21-13-10-14(23-3)17(25-5)15(11-13)24-4/h9-11H,6-8H2,1-5H3,(H2,19,20,21,22). The van der Waals surface area contributed by atoms with Gasteiger partial charge in [-0.25, -0.2) is 4.98 Å². The number of hydrogen-bond donors (Lipinski definition) is 2. The van der Waals surface area contributed by atoms with E-state index >= 15 is 0 Å². The van der Waals surface area contributed by atoms with Gasteiger partial charge in [-0.1, -0.05) is 13.3 Å². The van der Waals surface area contributed by atoms with Crippen LogP contribution in [0, 0.1) is 6.92 Å². The Balaban J connectivity index is 2.26. The Hall–Kier alpha value is -2.70. The number of anilines is 3. The zero-order valence-corrected chi connectivity index (χ0v) is 15.5. The summed E-state index contributed by atoms with van der Waals surface area (Å²) in [6, 6.07) is 5.56. The lowest BCUT2D eigenvalue weighted by Crippen LogP contribution is -2.07. The summed E-state index contributed by atoms with van der Waals surface area (Å²) in [6.45, 7) is 4.94. The third-order valence-corrected chi connectivity index (χ3v) is 3.60. The first kappa shape index (κ1) is 18.6. The van der Waals surface area contributed by atoms with Gasteiger partial charge < -0.3 is 24.8 Å². The van der Waals surface area contributed by atoms with Crippen LogP contribution in [0.1, 0.15) is 25.5 Å². The predicted octanol–water partition coefficient (Wildman–Crippen LogP) is 3.77. The molecule has 25 heavy (non-hydrogen) atoms. The topological polar surface area (TPSA) is 77.5 Å². The van der Waals surface area contributed by atoms with E-state index in [1.807, 2.05) is 25.1 Å². The highest BCUT2D eigenvalue weighted by atomic mass is 16.5. The van der Waals surface area contributed by atoms with Gasteiger partial charge in [-0.05, 0) is 13.3 Å². The van der Waals surface area contributed by atoms with Gasteiger partial charge in [0.25, 0.3) is 0 Å². The van der Waals surface area contributed by atoms with Crippen molar-refractivity contribution in [3.63, 3.8) is 0 Å². The molecule has 2 N–H and O–H groups in total. The Kier molecular flexibility index (Phi) is 6.68. The lowest BCUT2D eigenvalue weighted by Gasteiger charge is -2.15. The van der Waals surface area contributed by atoms with E-state index in [1.54, 1.807) is 21.3 Å². The molecule has 0 aliphatic carbocycles. The van der Waals surface area contributed by atoms with E-state index in [0.29, 0.717) is 29.0 Å². The molecule has 2 aromatic rings. The van der Waals surface area contributed by atoms with Crippen molar-refractivity contribution in [2.75, 3.05) is 38.5 Å². The Morgan fingerprint density at radius 2 is 1.64 bits per heavy atom. The van der Waals surface area contributed by atoms with Crippen LogP contribution in [0.5, 0.6) is 17.2 Å². The van der Waals surface area contributed by atoms with Gasteiger partial charge >= 0.3 is 0 Å². The first-order valence-electron chi connectivity index (χ1n) is 8.27. The molecule has 7 heteroatoms. The summed E-state index contributed by atoms with van der Waals surface area (Å²) in [6.07, 6.45) is 2.20. The molecule has 0 saturated carbocycles. The maximum atomic E-state index is 5.38. The zero-order chi connectivity index (χ0) is 18.2. The molecule has 0 saturated heterocycles. The second kappa shape index (κ2) is 8.96. The normalized spacial score (nSPS) is 10.3. The van der Waals surface area contributed by atoms with Crippen molar-refractivity contribution in [3.8, 4) is 17.2 Å². The lowest BCUT2D eigenvalue weighted by atomic mass is 10.2. The molecule has 0 aliphatic heterocycles. The third-order valence-electron chi connectivity index (χ3n) is 3.60. The van der Waals surface area contributed by atoms with Gasteiger partial charge in [0.1, 0.15) is 5.82 Å². The van der Waals surface area contributed by atoms with Crippen LogP contribution < -0.4 is 24.8 Å². The van der Waals surface area contributed by atoms with Crippen molar-refractivity contribution < 1.29 is 14.2 Å². The molecule has 0 fully saturated rings. The molecule has 0 aliphatic rings. The van der Waals surface area contributed by atoms with E-state index in [9.17, 15) is 0 Å². The van der Waals surface area contributed by atoms with Gasteiger partial charge in [0.05, 0.1) is 21.3 Å². The lowest BCUT2D eigenvalue weighted by molar-refractivity contribution is 0.324. The molecule has 1 aromatic heterocycles. The number of aryl methyl sites for hydroxylation is 1. The Morgan fingerprint density at radius 3 is 2.20 bits per heavy atom. The first-order valence-corrected chi connectivity index (χ1v) is 8.27. The molecule has 0 atom stereocenters. The Morgan fingerprint density at radius 1 is 0.960 bits per heavy atom. The van der Waals surface area contributed by atoms with E-state index in [-0.39, 0.29) is 0 Å². The summed E-state index contributed by atoms with van der Waals surface area (Å²) in [5, 5.41) is 6.51. The van der Waals surface area contributed by atoms with E-state index < -0.39 is 0 Å². The SMILES string of the molecule is CCCCNc1nc(C)cc(Nc2cc(OC)c(OC)c(OC)c2)n1. The first-order chi connectivity index (χ1) is 12.1. The quantitative estimate of drug-likeness (QED) is 0.669. The molecule has 0 unspecified atom stereocenters. The second-order valence-corrected chi connectivity index (χ2v) is 5.54. The summed E-state index contributed by atoms with van der Waals surface area (Å²) >= 11 is 0. The number of hydrogen-bond acceptors (Lipinski definition) is 7. The van der Waals surface area contributed by atoms with Crippen LogP contribution in [-0.4, -0.2) is 37.8 Å². The van der Waals surface area contributed by atoms with Gasteiger partial charge in [0.15, 0.2) is 11.5 Å². The van der Waals surface area contributed by atoms with Crippen molar-refractivity contribution in [1.29, 1.82) is 0 Å². The second-order valence-electron chi connectivity index (χ2n) is 5.54. The zero-order valence-electron chi connectivity index (χ0n) is 15.5. The van der Waals surface area contributed by atoms with E-state index in [2.05, 4.69) is 27.5 Å². The van der Waals surface area contributed by atoms with Crippen LogP contribution in [0.3, 0.4) is 0 Å². The average molecular weight is 346 g/mol. The minimum Gasteiger partial charge on any atom is -0.493 e. The number of unbranched alkanes of at least 4 members (excludes halogenated alkanes) is 1. The molecule has 0 bridgehead atoms. The van der Waals surface area contributed by atoms with Crippen LogP contribution in [-0.2, 0) is 0 Å². The Labute approximate surface area is 148 Å². The monoisotopic (exact) mass is 346 g/mol. The van der Waals surface area contributed by atoms with Crippen LogP contribution in [0.4, 0.5) is 17.5 Å². The van der Waals surface area contributed by atoms with Gasteiger partial charge in [-0.2, -0.15) is 4.98 Å². The largest absolute Gasteiger partial charge is 0.493 e. The Bertz CT molecular complexity index is 682. The number of aromatic nitrogens is 2. The number of benzene rings is 1. The maximum Gasteiger partial charge on any atom is 0.224 e. The number of ether oxygens (including phenoxy) is 3. The highest BCUT2D eigenvalue weighted by Gasteiger charge is 2.14. The fourth-order valence-electron chi connectivity index (χ4n) is 2.39. The van der Waals surface area contributed by atoms with Gasteiger partial charge in [-0.3, -0.25) is 0 Å². The highest BCUT2D eigenvalue weighted by molar-refractivity contribution is 5.67. The highest BCUT2D eigenvalue weighted by Crippen LogP contribution is 2.40. The molecule has 2 rings (SSSR count). The number of nitrogens with zero attached hydrogens (tertiary/aromatic N) is 2. The molecule has 7 nitrogen and oxygen atoms in total. The summed E-state index contributed by atoms with van der Waals surface area (Å²) in [4.78, 5) is 8.92. The van der Waals surface area contributed by atoms with Crippen molar-refractivity contribution in [1.82, 2.24) is 9.97 Å². The summed E-state index contributed by atoms with van der Waals surface area (Å²) in [5.74, 6) is 3.02. The van der Waals surface area contributed by atoms with E-state index in [0.717, 1.165) is 30.8 Å². The van der Waals surface area contributed by atoms with Crippen molar-refractivity contribution in [2.24, 2.45) is 0 Å². The molecular formula is C18H26N4O3. The fourth-order valence-corrected chi connectivity index (χ4v) is 2.39. The van der Waals surface area contributed by atoms with Crippen molar-refractivity contribution in [3.05, 3.63) is 23.9 Å². The minimum absolute atomic E-state index is 0.552. The minimum atomic E-state index is 0.552. The molecule has 1 heterocycles. The van der Waals surface area contributed by atoms with Crippen molar-refractivity contribution >= 4 is 17.5 Å². The van der Waals surface area contributed by atoms with Crippen molar-refractivity contribution in [2.45, 2.75) is 26.7 Å². The van der Waals surface area contributed by atoms with Crippen LogP contribution in [0.15, 0.2) is 18.2 Å². The smallest absolute Gasteiger partial charge is 0.224 e. The molecule has 0 amide bonds.